The van der Waals surface area contributed by atoms with Crippen LogP contribution in [-0.2, 0) is 4.79 Å². The molecule has 1 amide bonds. The number of aromatic nitrogens is 1. The van der Waals surface area contributed by atoms with Crippen LogP contribution in [0.1, 0.15) is 25.5 Å². The summed E-state index contributed by atoms with van der Waals surface area (Å²) in [5, 5.41) is 7.03. The number of nitrogens with zero attached hydrogens (tertiary/aromatic N) is 1. The van der Waals surface area contributed by atoms with Crippen molar-refractivity contribution in [3.05, 3.63) is 35.0 Å². The number of anilines is 2. The lowest BCUT2D eigenvalue weighted by molar-refractivity contribution is -0.113. The summed E-state index contributed by atoms with van der Waals surface area (Å²) in [5.74, 6) is 0.697. The fraction of sp³-hybridized carbons (Fsp3) is 0.286. The van der Waals surface area contributed by atoms with Gasteiger partial charge < -0.3 is 10.3 Å². The van der Waals surface area contributed by atoms with Gasteiger partial charge in [0.25, 0.3) is 0 Å². The minimum Gasteiger partial charge on any atom is -0.398 e. The van der Waals surface area contributed by atoms with Crippen molar-refractivity contribution in [1.82, 2.24) is 5.16 Å². The van der Waals surface area contributed by atoms with Crippen molar-refractivity contribution in [3.63, 3.8) is 0 Å². The van der Waals surface area contributed by atoms with Crippen LogP contribution >= 0.6 is 23.4 Å². The zero-order valence-electron chi connectivity index (χ0n) is 11.7. The lowest BCUT2D eigenvalue weighted by Crippen LogP contribution is -2.13. The minimum absolute atomic E-state index is 0.167. The molecule has 0 atom stereocenters. The zero-order chi connectivity index (χ0) is 15.4. The van der Waals surface area contributed by atoms with Crippen molar-refractivity contribution in [1.29, 1.82) is 0 Å². The van der Waals surface area contributed by atoms with Gasteiger partial charge in [0.2, 0.25) is 11.8 Å². The number of nitrogens with two attached hydrogens (primary N) is 1. The van der Waals surface area contributed by atoms with Gasteiger partial charge in [-0.15, -0.1) is 11.8 Å². The van der Waals surface area contributed by atoms with Crippen molar-refractivity contribution < 1.29 is 9.32 Å². The first-order valence-corrected chi connectivity index (χ1v) is 7.76. The topological polar surface area (TPSA) is 81.2 Å². The van der Waals surface area contributed by atoms with Gasteiger partial charge >= 0.3 is 0 Å². The Hall–Kier alpha value is -1.66. The second-order valence-corrected chi connectivity index (χ2v) is 6.25. The molecular weight excluding hydrogens is 310 g/mol. The molecule has 0 radical (unpaired) electrons. The summed E-state index contributed by atoms with van der Waals surface area (Å²) < 4.78 is 5.05. The number of thioether (sulfide) groups is 1. The molecule has 1 aromatic heterocycles. The Morgan fingerprint density at radius 2 is 2.24 bits per heavy atom. The average molecular weight is 326 g/mol. The highest BCUT2D eigenvalue weighted by Gasteiger charge is 2.11. The van der Waals surface area contributed by atoms with Crippen LogP contribution in [0.25, 0.3) is 0 Å². The molecule has 0 fully saturated rings. The monoisotopic (exact) mass is 325 g/mol. The molecule has 0 saturated heterocycles. The normalized spacial score (nSPS) is 10.9. The van der Waals surface area contributed by atoms with Gasteiger partial charge in [-0.25, -0.2) is 0 Å². The minimum atomic E-state index is -0.167. The molecule has 5 nitrogen and oxygen atoms in total. The summed E-state index contributed by atoms with van der Waals surface area (Å²) in [6.45, 7) is 4.01. The molecule has 0 aliphatic carbocycles. The molecule has 1 heterocycles. The highest BCUT2D eigenvalue weighted by atomic mass is 35.5. The second kappa shape index (κ2) is 6.87. The van der Waals surface area contributed by atoms with Crippen LogP contribution in [0.2, 0.25) is 5.02 Å². The van der Waals surface area contributed by atoms with E-state index in [-0.39, 0.29) is 17.6 Å². The van der Waals surface area contributed by atoms with E-state index in [1.807, 2.05) is 19.9 Å². The first-order valence-electron chi connectivity index (χ1n) is 6.40. The Labute approximate surface area is 132 Å². The van der Waals surface area contributed by atoms with Crippen LogP contribution in [0.4, 0.5) is 11.6 Å². The first-order chi connectivity index (χ1) is 9.95. The molecule has 0 aliphatic heterocycles. The van der Waals surface area contributed by atoms with E-state index in [1.54, 1.807) is 18.2 Å². The molecule has 21 heavy (non-hydrogen) atoms. The Morgan fingerprint density at radius 1 is 1.48 bits per heavy atom. The molecule has 1 aromatic carbocycles. The van der Waals surface area contributed by atoms with Crippen molar-refractivity contribution in [2.24, 2.45) is 0 Å². The first kappa shape index (κ1) is 15.7. The standard InChI is InChI=1S/C14H16ClN3O2S/c1-8(2)12-6-14(20-18-12)17-13(19)7-21-9-3-4-11(16)10(15)5-9/h3-6,8H,7,16H2,1-2H3,(H,17,19). The van der Waals surface area contributed by atoms with Crippen LogP contribution in [0.5, 0.6) is 0 Å². The van der Waals surface area contributed by atoms with Crippen LogP contribution in [0.15, 0.2) is 33.7 Å². The Kier molecular flexibility index (Phi) is 5.14. The van der Waals surface area contributed by atoms with Gasteiger partial charge in [0, 0.05) is 11.0 Å². The third-order valence-corrected chi connectivity index (χ3v) is 4.05. The third kappa shape index (κ3) is 4.41. The predicted molar refractivity (Wildman–Crippen MR) is 85.8 cm³/mol. The molecule has 7 heteroatoms. The fourth-order valence-electron chi connectivity index (χ4n) is 1.54. The zero-order valence-corrected chi connectivity index (χ0v) is 13.3. The Bertz CT molecular complexity index is 643. The van der Waals surface area contributed by atoms with E-state index in [0.717, 1.165) is 10.6 Å². The van der Waals surface area contributed by atoms with Gasteiger partial charge in [0.05, 0.1) is 22.2 Å². The van der Waals surface area contributed by atoms with Gasteiger partial charge in [0.15, 0.2) is 0 Å². The number of nitrogens with one attached hydrogen (secondary N) is 1. The lowest BCUT2D eigenvalue weighted by atomic mass is 10.1. The maximum atomic E-state index is 11.8. The molecule has 2 aromatic rings. The second-order valence-electron chi connectivity index (χ2n) is 4.79. The number of hydrogen-bond donors (Lipinski definition) is 2. The highest BCUT2D eigenvalue weighted by Crippen LogP contribution is 2.26. The summed E-state index contributed by atoms with van der Waals surface area (Å²) in [6.07, 6.45) is 0. The van der Waals surface area contributed by atoms with E-state index in [2.05, 4.69) is 10.5 Å². The van der Waals surface area contributed by atoms with Crippen LogP contribution in [0.3, 0.4) is 0 Å². The molecule has 0 saturated carbocycles. The maximum absolute atomic E-state index is 11.8. The number of halogens is 1. The van der Waals surface area contributed by atoms with E-state index in [0.29, 0.717) is 16.6 Å². The van der Waals surface area contributed by atoms with Crippen molar-refractivity contribution in [2.75, 3.05) is 16.8 Å². The smallest absolute Gasteiger partial charge is 0.237 e. The van der Waals surface area contributed by atoms with E-state index in [9.17, 15) is 4.79 Å². The molecule has 0 unspecified atom stereocenters. The summed E-state index contributed by atoms with van der Waals surface area (Å²) in [6, 6.07) is 7.01. The number of amides is 1. The largest absolute Gasteiger partial charge is 0.398 e. The summed E-state index contributed by atoms with van der Waals surface area (Å²) >= 11 is 7.30. The Morgan fingerprint density at radius 3 is 2.86 bits per heavy atom. The van der Waals surface area contributed by atoms with Crippen molar-refractivity contribution in [2.45, 2.75) is 24.7 Å². The summed E-state index contributed by atoms with van der Waals surface area (Å²) in [7, 11) is 0. The molecule has 2 rings (SSSR count). The molecule has 0 spiro atoms. The molecule has 0 aliphatic rings. The van der Waals surface area contributed by atoms with E-state index >= 15 is 0 Å². The van der Waals surface area contributed by atoms with E-state index in [1.165, 1.54) is 11.8 Å². The van der Waals surface area contributed by atoms with E-state index in [4.69, 9.17) is 21.9 Å². The van der Waals surface area contributed by atoms with Gasteiger partial charge in [-0.1, -0.05) is 30.6 Å². The third-order valence-electron chi connectivity index (χ3n) is 2.72. The van der Waals surface area contributed by atoms with Gasteiger partial charge in [-0.2, -0.15) is 0 Å². The average Bonchev–Trinajstić information content (AvgIpc) is 2.89. The number of hydrogen-bond acceptors (Lipinski definition) is 5. The lowest BCUT2D eigenvalue weighted by Gasteiger charge is -2.04. The predicted octanol–water partition coefficient (Wildman–Crippen LogP) is 3.76. The van der Waals surface area contributed by atoms with Crippen molar-refractivity contribution in [3.8, 4) is 0 Å². The summed E-state index contributed by atoms with van der Waals surface area (Å²) in [4.78, 5) is 12.7. The van der Waals surface area contributed by atoms with Crippen LogP contribution < -0.4 is 11.1 Å². The molecular formula is C14H16ClN3O2S. The maximum Gasteiger partial charge on any atom is 0.237 e. The number of benzene rings is 1. The number of nitrogen functional groups attached to an aromatic ring is 1. The molecule has 3 N–H and O–H groups in total. The van der Waals surface area contributed by atoms with Gasteiger partial charge in [-0.3, -0.25) is 10.1 Å². The quantitative estimate of drug-likeness (QED) is 0.646. The number of rotatable bonds is 5. The molecule has 0 bridgehead atoms. The van der Waals surface area contributed by atoms with E-state index < -0.39 is 0 Å². The number of carbonyl (C=O) groups excluding carboxylic acids is 1. The fourth-order valence-corrected chi connectivity index (χ4v) is 2.52. The molecule has 112 valence electrons. The highest BCUT2D eigenvalue weighted by molar-refractivity contribution is 8.00. The van der Waals surface area contributed by atoms with Crippen LogP contribution in [-0.4, -0.2) is 16.8 Å². The Balaban J connectivity index is 1.88. The van der Waals surface area contributed by atoms with Gasteiger partial charge in [-0.05, 0) is 24.1 Å². The van der Waals surface area contributed by atoms with Crippen LogP contribution in [0, 0.1) is 0 Å². The summed E-state index contributed by atoms with van der Waals surface area (Å²) in [5.41, 5.74) is 6.96. The SMILES string of the molecule is CC(C)c1cc(NC(=O)CSc2ccc(N)c(Cl)c2)on1. The van der Waals surface area contributed by atoms with Crippen molar-refractivity contribution >= 4 is 40.8 Å². The van der Waals surface area contributed by atoms with Gasteiger partial charge in [0.1, 0.15) is 0 Å². The number of carbonyl (C=O) groups is 1.